The minimum absolute atomic E-state index is 0.633. The van der Waals surface area contributed by atoms with Gasteiger partial charge in [-0.1, -0.05) is 43.7 Å². The first kappa shape index (κ1) is 15.1. The van der Waals surface area contributed by atoms with Crippen molar-refractivity contribution in [1.29, 1.82) is 0 Å². The van der Waals surface area contributed by atoms with Crippen LogP contribution in [0.25, 0.3) is 0 Å². The first-order chi connectivity index (χ1) is 10.4. The number of likely N-dealkylation sites (tertiary alicyclic amines) is 1. The molecule has 2 unspecified atom stereocenters. The average molecular weight is 286 g/mol. The van der Waals surface area contributed by atoms with E-state index in [1.165, 1.54) is 63.7 Å². The predicted octanol–water partition coefficient (Wildman–Crippen LogP) is 3.99. The Labute approximate surface area is 129 Å². The molecule has 2 atom stereocenters. The van der Waals surface area contributed by atoms with Gasteiger partial charge in [0, 0.05) is 12.1 Å². The highest BCUT2D eigenvalue weighted by Crippen LogP contribution is 2.32. The van der Waals surface area contributed by atoms with E-state index in [-0.39, 0.29) is 0 Å². The zero-order valence-electron chi connectivity index (χ0n) is 13.4. The van der Waals surface area contributed by atoms with E-state index >= 15 is 0 Å². The molecular weight excluding hydrogens is 256 g/mol. The summed E-state index contributed by atoms with van der Waals surface area (Å²) in [7, 11) is 0. The molecular formula is C19H30N2. The Morgan fingerprint density at radius 3 is 2.52 bits per heavy atom. The fourth-order valence-corrected chi connectivity index (χ4v) is 4.26. The molecule has 2 heteroatoms. The zero-order valence-corrected chi connectivity index (χ0v) is 13.4. The molecule has 0 aromatic heterocycles. The van der Waals surface area contributed by atoms with Crippen LogP contribution < -0.4 is 5.32 Å². The molecule has 3 rings (SSSR count). The molecule has 116 valence electrons. The smallest absolute Gasteiger partial charge is 0.0348 e. The SMILES string of the molecule is CCCC(c1ccccc1)N1CCC(C2CCCN2)CC1. The summed E-state index contributed by atoms with van der Waals surface area (Å²) in [6.07, 6.45) is 8.10. The van der Waals surface area contributed by atoms with Gasteiger partial charge in [0.05, 0.1) is 0 Å². The van der Waals surface area contributed by atoms with Crippen LogP contribution in [0.3, 0.4) is 0 Å². The number of benzene rings is 1. The molecule has 1 aromatic carbocycles. The van der Waals surface area contributed by atoms with Gasteiger partial charge in [0.25, 0.3) is 0 Å². The average Bonchev–Trinajstić information content (AvgIpc) is 3.08. The fraction of sp³-hybridized carbons (Fsp3) is 0.684. The Kier molecular flexibility index (Phi) is 5.32. The van der Waals surface area contributed by atoms with Gasteiger partial charge < -0.3 is 5.32 Å². The molecule has 0 spiro atoms. The van der Waals surface area contributed by atoms with E-state index in [1.54, 1.807) is 0 Å². The predicted molar refractivity (Wildman–Crippen MR) is 89.4 cm³/mol. The lowest BCUT2D eigenvalue weighted by Gasteiger charge is -2.39. The highest BCUT2D eigenvalue weighted by molar-refractivity contribution is 5.19. The summed E-state index contributed by atoms with van der Waals surface area (Å²) in [4.78, 5) is 2.74. The molecule has 0 saturated carbocycles. The van der Waals surface area contributed by atoms with Gasteiger partial charge in [-0.3, -0.25) is 4.90 Å². The van der Waals surface area contributed by atoms with Gasteiger partial charge in [0.2, 0.25) is 0 Å². The summed E-state index contributed by atoms with van der Waals surface area (Å²) in [5, 5.41) is 3.71. The summed E-state index contributed by atoms with van der Waals surface area (Å²) >= 11 is 0. The lowest BCUT2D eigenvalue weighted by Crippen LogP contribution is -2.42. The molecule has 2 fully saturated rings. The first-order valence-corrected chi connectivity index (χ1v) is 8.91. The van der Waals surface area contributed by atoms with E-state index in [0.717, 1.165) is 12.0 Å². The monoisotopic (exact) mass is 286 g/mol. The molecule has 2 nitrogen and oxygen atoms in total. The third kappa shape index (κ3) is 3.67. The minimum atomic E-state index is 0.633. The molecule has 0 aliphatic carbocycles. The van der Waals surface area contributed by atoms with Crippen LogP contribution >= 0.6 is 0 Å². The topological polar surface area (TPSA) is 15.3 Å². The second kappa shape index (κ2) is 7.42. The fourth-order valence-electron chi connectivity index (χ4n) is 4.26. The van der Waals surface area contributed by atoms with Gasteiger partial charge in [-0.05, 0) is 63.2 Å². The maximum atomic E-state index is 3.71. The lowest BCUT2D eigenvalue weighted by molar-refractivity contribution is 0.113. The molecule has 0 amide bonds. The van der Waals surface area contributed by atoms with Crippen LogP contribution in [-0.2, 0) is 0 Å². The van der Waals surface area contributed by atoms with Crippen molar-refractivity contribution >= 4 is 0 Å². The van der Waals surface area contributed by atoms with E-state index < -0.39 is 0 Å². The van der Waals surface area contributed by atoms with Crippen LogP contribution in [0.15, 0.2) is 30.3 Å². The summed E-state index contributed by atoms with van der Waals surface area (Å²) in [5.74, 6) is 0.918. The minimum Gasteiger partial charge on any atom is -0.314 e. The van der Waals surface area contributed by atoms with Gasteiger partial charge >= 0.3 is 0 Å². The number of nitrogens with one attached hydrogen (secondary N) is 1. The molecule has 1 aromatic rings. The van der Waals surface area contributed by atoms with Crippen LogP contribution in [0.1, 0.15) is 57.1 Å². The molecule has 2 aliphatic rings. The highest BCUT2D eigenvalue weighted by Gasteiger charge is 2.30. The van der Waals surface area contributed by atoms with Crippen LogP contribution in [0.2, 0.25) is 0 Å². The van der Waals surface area contributed by atoms with Crippen molar-refractivity contribution < 1.29 is 0 Å². The van der Waals surface area contributed by atoms with Crippen molar-refractivity contribution in [3.05, 3.63) is 35.9 Å². The number of hydrogen-bond acceptors (Lipinski definition) is 2. The third-order valence-electron chi connectivity index (χ3n) is 5.43. The van der Waals surface area contributed by atoms with Gasteiger partial charge in [-0.25, -0.2) is 0 Å². The largest absolute Gasteiger partial charge is 0.314 e. The van der Waals surface area contributed by atoms with E-state index in [1.807, 2.05) is 0 Å². The summed E-state index contributed by atoms with van der Waals surface area (Å²) in [6.45, 7) is 6.11. The number of rotatable bonds is 5. The molecule has 0 radical (unpaired) electrons. The van der Waals surface area contributed by atoms with Gasteiger partial charge in [0.15, 0.2) is 0 Å². The molecule has 2 aliphatic heterocycles. The standard InChI is InChI=1S/C19H30N2/c1-2-7-19(17-8-4-3-5-9-17)21-14-11-16(12-15-21)18-10-6-13-20-18/h3-5,8-9,16,18-20H,2,6-7,10-15H2,1H3. The molecule has 21 heavy (non-hydrogen) atoms. The van der Waals surface area contributed by atoms with Crippen molar-refractivity contribution in [2.75, 3.05) is 19.6 Å². The third-order valence-corrected chi connectivity index (χ3v) is 5.43. The summed E-state index contributed by atoms with van der Waals surface area (Å²) < 4.78 is 0. The van der Waals surface area contributed by atoms with Gasteiger partial charge in [0.1, 0.15) is 0 Å². The Balaban J connectivity index is 1.60. The summed E-state index contributed by atoms with van der Waals surface area (Å²) in [6, 6.07) is 12.6. The first-order valence-electron chi connectivity index (χ1n) is 8.91. The molecule has 2 heterocycles. The number of nitrogens with zero attached hydrogens (tertiary/aromatic N) is 1. The van der Waals surface area contributed by atoms with Crippen molar-refractivity contribution in [2.24, 2.45) is 5.92 Å². The zero-order chi connectivity index (χ0) is 14.5. The van der Waals surface area contributed by atoms with Crippen molar-refractivity contribution in [2.45, 2.75) is 57.5 Å². The Bertz CT molecular complexity index is 403. The van der Waals surface area contributed by atoms with Crippen LogP contribution in [0.5, 0.6) is 0 Å². The summed E-state index contributed by atoms with van der Waals surface area (Å²) in [5.41, 5.74) is 1.51. The van der Waals surface area contributed by atoms with E-state index in [2.05, 4.69) is 47.5 Å². The molecule has 2 saturated heterocycles. The van der Waals surface area contributed by atoms with E-state index in [9.17, 15) is 0 Å². The van der Waals surface area contributed by atoms with Crippen LogP contribution in [0, 0.1) is 5.92 Å². The molecule has 0 bridgehead atoms. The maximum absolute atomic E-state index is 3.71. The normalized spacial score (nSPS) is 26.0. The van der Waals surface area contributed by atoms with Crippen molar-refractivity contribution in [1.82, 2.24) is 10.2 Å². The Hall–Kier alpha value is -0.860. The second-order valence-corrected chi connectivity index (χ2v) is 6.79. The quantitative estimate of drug-likeness (QED) is 0.880. The Morgan fingerprint density at radius 1 is 1.14 bits per heavy atom. The van der Waals surface area contributed by atoms with Crippen molar-refractivity contribution in [3.8, 4) is 0 Å². The van der Waals surface area contributed by atoms with Crippen molar-refractivity contribution in [3.63, 3.8) is 0 Å². The van der Waals surface area contributed by atoms with E-state index in [4.69, 9.17) is 0 Å². The number of hydrogen-bond donors (Lipinski definition) is 1. The molecule has 1 N–H and O–H groups in total. The van der Waals surface area contributed by atoms with Crippen LogP contribution in [-0.4, -0.2) is 30.6 Å². The Morgan fingerprint density at radius 2 is 1.90 bits per heavy atom. The van der Waals surface area contributed by atoms with Gasteiger partial charge in [-0.15, -0.1) is 0 Å². The van der Waals surface area contributed by atoms with Crippen LogP contribution in [0.4, 0.5) is 0 Å². The highest BCUT2D eigenvalue weighted by atomic mass is 15.2. The van der Waals surface area contributed by atoms with E-state index in [0.29, 0.717) is 6.04 Å². The lowest BCUT2D eigenvalue weighted by atomic mass is 9.87. The number of piperidine rings is 1. The maximum Gasteiger partial charge on any atom is 0.0348 e. The van der Waals surface area contributed by atoms with Gasteiger partial charge in [-0.2, -0.15) is 0 Å². The second-order valence-electron chi connectivity index (χ2n) is 6.79.